The van der Waals surface area contributed by atoms with Gasteiger partial charge in [-0.25, -0.2) is 0 Å². The Morgan fingerprint density at radius 1 is 1.25 bits per heavy atom. The monoisotopic (exact) mass is 192 g/mol. The molecule has 0 heterocycles. The molecule has 0 radical (unpaired) electrons. The average Bonchev–Trinajstić information content (AvgIpc) is 1.83. The minimum Gasteiger partial charge on any atom is -0.420 e. The zero-order chi connectivity index (χ0) is 9.72. The fraction of sp³-hybridized carbons (Fsp3) is 0.429. The molecule has 68 valence electrons. The first-order valence-electron chi connectivity index (χ1n) is 3.12. The molecular formula is C7H9ClO4. The molecule has 4 nitrogen and oxygen atoms in total. The Morgan fingerprint density at radius 2 is 1.58 bits per heavy atom. The van der Waals surface area contributed by atoms with E-state index in [1.54, 1.807) is 0 Å². The Hall–Kier alpha value is -1.03. The summed E-state index contributed by atoms with van der Waals surface area (Å²) in [7, 11) is 0. The highest BCUT2D eigenvalue weighted by Crippen LogP contribution is 2.11. The van der Waals surface area contributed by atoms with Gasteiger partial charge in [-0.1, -0.05) is 18.2 Å². The van der Waals surface area contributed by atoms with Gasteiger partial charge in [0.05, 0.1) is 5.03 Å². The second-order valence-corrected chi connectivity index (χ2v) is 2.48. The molecule has 0 aliphatic rings. The van der Waals surface area contributed by atoms with Crippen molar-refractivity contribution < 1.29 is 19.1 Å². The first-order chi connectivity index (χ1) is 5.43. The number of ether oxygens (including phenoxy) is 2. The van der Waals surface area contributed by atoms with Gasteiger partial charge < -0.3 is 9.47 Å². The van der Waals surface area contributed by atoms with Crippen LogP contribution in [0.3, 0.4) is 0 Å². The summed E-state index contributed by atoms with van der Waals surface area (Å²) in [5, 5.41) is -0.0552. The molecule has 0 aromatic carbocycles. The topological polar surface area (TPSA) is 52.6 Å². The van der Waals surface area contributed by atoms with E-state index >= 15 is 0 Å². The number of rotatable bonds is 3. The van der Waals surface area contributed by atoms with Crippen molar-refractivity contribution in [2.24, 2.45) is 0 Å². The van der Waals surface area contributed by atoms with Crippen molar-refractivity contribution in [3.63, 3.8) is 0 Å². The van der Waals surface area contributed by atoms with Crippen molar-refractivity contribution in [2.75, 3.05) is 0 Å². The van der Waals surface area contributed by atoms with Crippen molar-refractivity contribution in [1.82, 2.24) is 0 Å². The van der Waals surface area contributed by atoms with Crippen LogP contribution >= 0.6 is 11.6 Å². The number of esters is 2. The van der Waals surface area contributed by atoms with Crippen LogP contribution in [0.15, 0.2) is 11.6 Å². The highest BCUT2D eigenvalue weighted by Gasteiger charge is 2.16. The van der Waals surface area contributed by atoms with Gasteiger partial charge in [0.1, 0.15) is 0 Å². The number of carbonyl (C=O) groups is 2. The maximum Gasteiger partial charge on any atom is 0.306 e. The molecule has 0 aromatic heterocycles. The number of halogens is 1. The van der Waals surface area contributed by atoms with E-state index in [2.05, 4.69) is 16.1 Å². The highest BCUT2D eigenvalue weighted by atomic mass is 35.5. The summed E-state index contributed by atoms with van der Waals surface area (Å²) in [6, 6.07) is 0. The molecular weight excluding hydrogens is 184 g/mol. The van der Waals surface area contributed by atoms with Crippen LogP contribution in [0.25, 0.3) is 0 Å². The summed E-state index contributed by atoms with van der Waals surface area (Å²) in [6.07, 6.45) is -1.19. The van der Waals surface area contributed by atoms with Gasteiger partial charge in [0.25, 0.3) is 6.29 Å². The average molecular weight is 193 g/mol. The van der Waals surface area contributed by atoms with E-state index in [-0.39, 0.29) is 5.03 Å². The summed E-state index contributed by atoms with van der Waals surface area (Å²) in [5.41, 5.74) is 0. The summed E-state index contributed by atoms with van der Waals surface area (Å²) in [5.74, 6) is -1.19. The van der Waals surface area contributed by atoms with Crippen LogP contribution in [0, 0.1) is 0 Å². The minimum atomic E-state index is -1.19. The van der Waals surface area contributed by atoms with Crippen LogP contribution in [0.2, 0.25) is 0 Å². The fourth-order valence-corrected chi connectivity index (χ4v) is 0.542. The van der Waals surface area contributed by atoms with E-state index < -0.39 is 18.2 Å². The molecule has 0 aliphatic carbocycles. The van der Waals surface area contributed by atoms with E-state index in [0.29, 0.717) is 0 Å². The van der Waals surface area contributed by atoms with Crippen LogP contribution < -0.4 is 0 Å². The smallest absolute Gasteiger partial charge is 0.306 e. The van der Waals surface area contributed by atoms with E-state index in [0.717, 1.165) is 0 Å². The van der Waals surface area contributed by atoms with Gasteiger partial charge in [-0.2, -0.15) is 0 Å². The molecule has 0 atom stereocenters. The first kappa shape index (κ1) is 11.0. The Balaban J connectivity index is 4.14. The van der Waals surface area contributed by atoms with Crippen LogP contribution in [0.4, 0.5) is 0 Å². The van der Waals surface area contributed by atoms with Gasteiger partial charge in [0, 0.05) is 13.8 Å². The number of hydrogen-bond acceptors (Lipinski definition) is 4. The van der Waals surface area contributed by atoms with Crippen LogP contribution in [0.1, 0.15) is 13.8 Å². The predicted molar refractivity (Wildman–Crippen MR) is 42.3 cm³/mol. The fourth-order valence-electron chi connectivity index (χ4n) is 0.453. The second kappa shape index (κ2) is 4.77. The Kier molecular flexibility index (Phi) is 4.36. The molecule has 0 N–H and O–H groups in total. The Labute approximate surface area is 75.1 Å². The lowest BCUT2D eigenvalue weighted by Gasteiger charge is -2.14. The van der Waals surface area contributed by atoms with Crippen molar-refractivity contribution in [3.8, 4) is 0 Å². The van der Waals surface area contributed by atoms with Crippen molar-refractivity contribution in [1.29, 1.82) is 0 Å². The molecule has 0 rings (SSSR count). The summed E-state index contributed by atoms with van der Waals surface area (Å²) in [6.45, 7) is 5.63. The molecule has 12 heavy (non-hydrogen) atoms. The molecule has 0 saturated carbocycles. The van der Waals surface area contributed by atoms with Gasteiger partial charge in [-0.3, -0.25) is 9.59 Å². The molecule has 0 fully saturated rings. The third-order valence-electron chi connectivity index (χ3n) is 0.802. The SMILES string of the molecule is C=C(Cl)C(OC(C)=O)OC(C)=O. The zero-order valence-electron chi connectivity index (χ0n) is 6.80. The quantitative estimate of drug-likeness (QED) is 0.498. The molecule has 0 amide bonds. The molecule has 5 heteroatoms. The van der Waals surface area contributed by atoms with Crippen LogP contribution in [-0.4, -0.2) is 18.2 Å². The van der Waals surface area contributed by atoms with E-state index in [1.165, 1.54) is 13.8 Å². The van der Waals surface area contributed by atoms with Crippen LogP contribution in [-0.2, 0) is 19.1 Å². The van der Waals surface area contributed by atoms with Gasteiger partial charge in [0.15, 0.2) is 0 Å². The Morgan fingerprint density at radius 3 is 1.75 bits per heavy atom. The van der Waals surface area contributed by atoms with Crippen molar-refractivity contribution in [3.05, 3.63) is 11.6 Å². The molecule has 0 aliphatic heterocycles. The standard InChI is InChI=1S/C7H9ClO4/c1-4(8)7(11-5(2)9)12-6(3)10/h7H,1H2,2-3H3. The maximum atomic E-state index is 10.4. The van der Waals surface area contributed by atoms with Crippen LogP contribution in [0.5, 0.6) is 0 Å². The zero-order valence-corrected chi connectivity index (χ0v) is 7.55. The normalized spacial score (nSPS) is 9.33. The highest BCUT2D eigenvalue weighted by molar-refractivity contribution is 6.29. The molecule has 0 bridgehead atoms. The van der Waals surface area contributed by atoms with Crippen molar-refractivity contribution >= 4 is 23.5 Å². The van der Waals surface area contributed by atoms with E-state index in [4.69, 9.17) is 11.6 Å². The Bertz CT molecular complexity index is 195. The predicted octanol–water partition coefficient (Wildman–Crippen LogP) is 1.19. The third kappa shape index (κ3) is 4.73. The summed E-state index contributed by atoms with van der Waals surface area (Å²) < 4.78 is 9.02. The van der Waals surface area contributed by atoms with Gasteiger partial charge in [-0.15, -0.1) is 0 Å². The largest absolute Gasteiger partial charge is 0.420 e. The molecule has 0 spiro atoms. The third-order valence-corrected chi connectivity index (χ3v) is 0.980. The first-order valence-corrected chi connectivity index (χ1v) is 3.50. The summed E-state index contributed by atoms with van der Waals surface area (Å²) >= 11 is 5.38. The van der Waals surface area contributed by atoms with E-state index in [9.17, 15) is 9.59 Å². The van der Waals surface area contributed by atoms with Crippen molar-refractivity contribution in [2.45, 2.75) is 20.1 Å². The lowest BCUT2D eigenvalue weighted by atomic mass is 10.6. The summed E-state index contributed by atoms with van der Waals surface area (Å²) in [4.78, 5) is 20.9. The molecule has 0 aromatic rings. The maximum absolute atomic E-state index is 10.4. The lowest BCUT2D eigenvalue weighted by Crippen LogP contribution is -2.22. The van der Waals surface area contributed by atoms with Gasteiger partial charge >= 0.3 is 11.9 Å². The van der Waals surface area contributed by atoms with Gasteiger partial charge in [0.2, 0.25) is 0 Å². The van der Waals surface area contributed by atoms with Gasteiger partial charge in [-0.05, 0) is 0 Å². The number of carbonyl (C=O) groups excluding carboxylic acids is 2. The number of hydrogen-bond donors (Lipinski definition) is 0. The molecule has 0 saturated heterocycles. The van der Waals surface area contributed by atoms with E-state index in [1.807, 2.05) is 0 Å². The second-order valence-electron chi connectivity index (χ2n) is 2.00. The minimum absolute atomic E-state index is 0.0552. The molecule has 0 unspecified atom stereocenters. The lowest BCUT2D eigenvalue weighted by molar-refractivity contribution is -0.176.